The topological polar surface area (TPSA) is 47.3 Å². The third kappa shape index (κ3) is 1.04. The molecule has 4 heteroatoms. The van der Waals surface area contributed by atoms with Gasteiger partial charge >= 0.3 is 0 Å². The molecule has 2 aromatic rings. The summed E-state index contributed by atoms with van der Waals surface area (Å²) < 4.78 is 1.56. The van der Waals surface area contributed by atoms with E-state index < -0.39 is 0 Å². The molecule has 0 aromatic carbocycles. The molecule has 1 aliphatic rings. The molecule has 1 saturated carbocycles. The van der Waals surface area contributed by atoms with Crippen LogP contribution < -0.4 is 5.56 Å². The summed E-state index contributed by atoms with van der Waals surface area (Å²) in [4.78, 5) is 20.0. The molecule has 0 saturated heterocycles. The van der Waals surface area contributed by atoms with E-state index in [0.717, 1.165) is 18.5 Å². The van der Waals surface area contributed by atoms with Crippen LogP contribution in [0.1, 0.15) is 24.5 Å². The quantitative estimate of drug-likeness (QED) is 0.668. The molecule has 0 bridgehead atoms. The van der Waals surface area contributed by atoms with Gasteiger partial charge in [-0.15, -0.1) is 0 Å². The fourth-order valence-corrected chi connectivity index (χ4v) is 1.63. The van der Waals surface area contributed by atoms with Crippen molar-refractivity contribution < 1.29 is 0 Å². The van der Waals surface area contributed by atoms with E-state index in [4.69, 9.17) is 0 Å². The van der Waals surface area contributed by atoms with Gasteiger partial charge in [-0.2, -0.15) is 0 Å². The molecule has 2 aromatic heterocycles. The number of hydrogen-bond donors (Lipinski definition) is 0. The number of hydrogen-bond acceptors (Lipinski definition) is 3. The van der Waals surface area contributed by atoms with Crippen LogP contribution in [0.2, 0.25) is 0 Å². The van der Waals surface area contributed by atoms with Gasteiger partial charge < -0.3 is 0 Å². The maximum absolute atomic E-state index is 11.5. The zero-order valence-electron chi connectivity index (χ0n) is 7.55. The first-order valence-corrected chi connectivity index (χ1v) is 4.68. The zero-order chi connectivity index (χ0) is 9.54. The first kappa shape index (κ1) is 7.67. The van der Waals surface area contributed by atoms with Gasteiger partial charge in [0.2, 0.25) is 0 Å². The van der Waals surface area contributed by atoms with Gasteiger partial charge in [0.15, 0.2) is 5.65 Å². The Morgan fingerprint density at radius 3 is 2.93 bits per heavy atom. The molecule has 14 heavy (non-hydrogen) atoms. The Morgan fingerprint density at radius 2 is 2.14 bits per heavy atom. The monoisotopic (exact) mass is 187 g/mol. The van der Waals surface area contributed by atoms with Gasteiger partial charge in [0, 0.05) is 30.6 Å². The predicted octanol–water partition coefficient (Wildman–Crippen LogP) is 0.967. The Morgan fingerprint density at radius 1 is 1.29 bits per heavy atom. The SMILES string of the molecule is O=c1ccnc2c(C3CC3)nccn12. The highest BCUT2D eigenvalue weighted by Gasteiger charge is 2.27. The van der Waals surface area contributed by atoms with Crippen molar-refractivity contribution in [2.45, 2.75) is 18.8 Å². The van der Waals surface area contributed by atoms with Crippen molar-refractivity contribution in [3.05, 3.63) is 40.7 Å². The maximum Gasteiger partial charge on any atom is 0.257 e. The highest BCUT2D eigenvalue weighted by molar-refractivity contribution is 5.46. The van der Waals surface area contributed by atoms with E-state index in [1.54, 1.807) is 23.0 Å². The van der Waals surface area contributed by atoms with Crippen molar-refractivity contribution in [1.29, 1.82) is 0 Å². The summed E-state index contributed by atoms with van der Waals surface area (Å²) in [6.07, 6.45) is 7.21. The van der Waals surface area contributed by atoms with Gasteiger partial charge in [-0.3, -0.25) is 14.2 Å². The standard InChI is InChI=1S/C10H9N3O/c14-8-3-4-12-10-9(7-1-2-7)11-5-6-13(8)10/h3-7H,1-2H2. The van der Waals surface area contributed by atoms with Crippen LogP contribution in [0.3, 0.4) is 0 Å². The number of nitrogens with zero attached hydrogens (tertiary/aromatic N) is 3. The summed E-state index contributed by atoms with van der Waals surface area (Å²) in [6.45, 7) is 0. The van der Waals surface area contributed by atoms with Crippen LogP contribution >= 0.6 is 0 Å². The lowest BCUT2D eigenvalue weighted by Gasteiger charge is -2.02. The van der Waals surface area contributed by atoms with Crippen molar-refractivity contribution in [3.63, 3.8) is 0 Å². The first-order valence-electron chi connectivity index (χ1n) is 4.68. The second-order valence-corrected chi connectivity index (χ2v) is 3.56. The van der Waals surface area contributed by atoms with E-state index in [9.17, 15) is 4.79 Å². The summed E-state index contributed by atoms with van der Waals surface area (Å²) in [6, 6.07) is 1.46. The van der Waals surface area contributed by atoms with E-state index in [1.807, 2.05) is 0 Å². The summed E-state index contributed by atoms with van der Waals surface area (Å²) in [7, 11) is 0. The van der Waals surface area contributed by atoms with Crippen molar-refractivity contribution >= 4 is 5.65 Å². The number of rotatable bonds is 1. The summed E-state index contributed by atoms with van der Waals surface area (Å²) in [5, 5.41) is 0. The molecule has 3 rings (SSSR count). The van der Waals surface area contributed by atoms with Gasteiger partial charge in [0.05, 0.1) is 5.69 Å². The van der Waals surface area contributed by atoms with Crippen LogP contribution in [0, 0.1) is 0 Å². The Labute approximate surface area is 80.2 Å². The molecule has 4 nitrogen and oxygen atoms in total. The second-order valence-electron chi connectivity index (χ2n) is 3.56. The number of aromatic nitrogens is 3. The minimum atomic E-state index is -0.0423. The zero-order valence-corrected chi connectivity index (χ0v) is 7.55. The predicted molar refractivity (Wildman–Crippen MR) is 51.2 cm³/mol. The van der Waals surface area contributed by atoms with E-state index in [-0.39, 0.29) is 5.56 Å². The largest absolute Gasteiger partial charge is 0.269 e. The fourth-order valence-electron chi connectivity index (χ4n) is 1.63. The Bertz CT molecular complexity index is 542. The lowest BCUT2D eigenvalue weighted by atomic mass is 10.3. The van der Waals surface area contributed by atoms with Crippen LogP contribution in [0.25, 0.3) is 5.65 Å². The van der Waals surface area contributed by atoms with Crippen LogP contribution in [-0.4, -0.2) is 14.4 Å². The molecular formula is C10H9N3O. The van der Waals surface area contributed by atoms with Crippen LogP contribution in [0.5, 0.6) is 0 Å². The molecule has 0 N–H and O–H groups in total. The smallest absolute Gasteiger partial charge is 0.257 e. The molecular weight excluding hydrogens is 178 g/mol. The highest BCUT2D eigenvalue weighted by atomic mass is 16.1. The third-order valence-corrected chi connectivity index (χ3v) is 2.50. The Balaban J connectivity index is 2.41. The minimum Gasteiger partial charge on any atom is -0.269 e. The van der Waals surface area contributed by atoms with Gasteiger partial charge in [0.1, 0.15) is 0 Å². The molecule has 1 aliphatic carbocycles. The summed E-state index contributed by atoms with van der Waals surface area (Å²) >= 11 is 0. The summed E-state index contributed by atoms with van der Waals surface area (Å²) in [5.41, 5.74) is 1.63. The van der Waals surface area contributed by atoms with Crippen molar-refractivity contribution in [2.75, 3.05) is 0 Å². The molecule has 0 unspecified atom stereocenters. The summed E-state index contributed by atoms with van der Waals surface area (Å²) in [5.74, 6) is 0.514. The Hall–Kier alpha value is -1.71. The third-order valence-electron chi connectivity index (χ3n) is 2.50. The molecule has 0 amide bonds. The highest BCUT2D eigenvalue weighted by Crippen LogP contribution is 2.39. The van der Waals surface area contributed by atoms with E-state index >= 15 is 0 Å². The second kappa shape index (κ2) is 2.64. The minimum absolute atomic E-state index is 0.0423. The average Bonchev–Trinajstić information content (AvgIpc) is 3.01. The lowest BCUT2D eigenvalue weighted by molar-refractivity contribution is 0.938. The van der Waals surface area contributed by atoms with Crippen molar-refractivity contribution in [3.8, 4) is 0 Å². The molecule has 0 aliphatic heterocycles. The van der Waals surface area contributed by atoms with Gasteiger partial charge in [-0.1, -0.05) is 0 Å². The number of fused-ring (bicyclic) bond motifs is 1. The van der Waals surface area contributed by atoms with Crippen LogP contribution in [0.15, 0.2) is 29.5 Å². The average molecular weight is 187 g/mol. The lowest BCUT2D eigenvalue weighted by Crippen LogP contribution is -2.14. The van der Waals surface area contributed by atoms with Crippen LogP contribution in [-0.2, 0) is 0 Å². The van der Waals surface area contributed by atoms with Crippen molar-refractivity contribution in [1.82, 2.24) is 14.4 Å². The van der Waals surface area contributed by atoms with Gasteiger partial charge in [-0.05, 0) is 12.8 Å². The first-order chi connectivity index (χ1) is 6.86. The molecule has 1 fully saturated rings. The van der Waals surface area contributed by atoms with E-state index in [2.05, 4.69) is 9.97 Å². The molecule has 0 radical (unpaired) electrons. The Kier molecular flexibility index (Phi) is 1.45. The fraction of sp³-hybridized carbons (Fsp3) is 0.300. The maximum atomic E-state index is 11.5. The van der Waals surface area contributed by atoms with Crippen molar-refractivity contribution in [2.24, 2.45) is 0 Å². The van der Waals surface area contributed by atoms with Gasteiger partial charge in [-0.25, -0.2) is 4.98 Å². The molecule has 0 spiro atoms. The van der Waals surface area contributed by atoms with Gasteiger partial charge in [0.25, 0.3) is 5.56 Å². The normalized spacial score (nSPS) is 16.0. The molecule has 0 atom stereocenters. The molecule has 70 valence electrons. The van der Waals surface area contributed by atoms with E-state index in [1.165, 1.54) is 6.07 Å². The van der Waals surface area contributed by atoms with Crippen LogP contribution in [0.4, 0.5) is 0 Å². The molecule has 2 heterocycles. The van der Waals surface area contributed by atoms with E-state index in [0.29, 0.717) is 11.6 Å².